The van der Waals surface area contributed by atoms with Crippen LogP contribution in [-0.2, 0) is 37.3 Å². The number of nitrogens with one attached hydrogen (secondary N) is 1. The van der Waals surface area contributed by atoms with E-state index in [0.717, 1.165) is 11.1 Å². The molecule has 49 heavy (non-hydrogen) atoms. The standard InChI is InChI=1S/C37H45N3O8S/c1-37(2,19-9-20-38)26-40(49(43,44)30-16-14-29(15-17-30)46-24-28-12-7-4-8-13-28)23-33(41)32(22-27-10-5-3-6-11-27)39-36(42)48-34-25-47-35-31(34)18-21-45-35/h3-8,10-17,31-35,41H,9,18-19,21-26H2,1-2H3,(H,39,42)/t31-,32-,33+,34-,35+/m0/s1. The highest BCUT2D eigenvalue weighted by Gasteiger charge is 2.44. The summed E-state index contributed by atoms with van der Waals surface area (Å²) in [6, 6.07) is 26.4. The number of benzene rings is 3. The molecule has 5 rings (SSSR count). The van der Waals surface area contributed by atoms with Crippen molar-refractivity contribution < 1.29 is 37.3 Å². The molecule has 0 spiro atoms. The maximum absolute atomic E-state index is 14.2. The predicted molar refractivity (Wildman–Crippen MR) is 182 cm³/mol. The van der Waals surface area contributed by atoms with E-state index < -0.39 is 46.1 Å². The smallest absolute Gasteiger partial charge is 0.407 e. The van der Waals surface area contributed by atoms with Gasteiger partial charge in [-0.2, -0.15) is 9.57 Å². The van der Waals surface area contributed by atoms with Gasteiger partial charge < -0.3 is 29.4 Å². The number of carbonyl (C=O) groups is 1. The SMILES string of the molecule is CC(C)(CCC#N)CN(C[C@@H](O)[C@H](Cc1ccccc1)NC(=O)O[C@H]1CO[C@H]2OCC[C@H]21)S(=O)(=O)c1ccc(OCc2ccccc2)cc1. The van der Waals surface area contributed by atoms with Crippen molar-refractivity contribution >= 4 is 16.1 Å². The largest absolute Gasteiger partial charge is 0.489 e. The average molecular weight is 692 g/mol. The minimum absolute atomic E-state index is 0.0318. The quantitative estimate of drug-likeness (QED) is 0.211. The number of aliphatic hydroxyl groups excluding tert-OH is 1. The van der Waals surface area contributed by atoms with Crippen LogP contribution < -0.4 is 10.1 Å². The van der Waals surface area contributed by atoms with Crippen molar-refractivity contribution in [1.82, 2.24) is 9.62 Å². The number of rotatable bonds is 16. The van der Waals surface area contributed by atoms with Crippen LogP contribution in [0, 0.1) is 22.7 Å². The lowest BCUT2D eigenvalue weighted by Crippen LogP contribution is -2.52. The summed E-state index contributed by atoms with van der Waals surface area (Å²) >= 11 is 0. The van der Waals surface area contributed by atoms with Gasteiger partial charge in [-0.1, -0.05) is 74.5 Å². The first kappa shape index (κ1) is 36.3. The van der Waals surface area contributed by atoms with Crippen LogP contribution in [0.2, 0.25) is 0 Å². The third-order valence-electron chi connectivity index (χ3n) is 8.93. The van der Waals surface area contributed by atoms with Crippen molar-refractivity contribution in [2.24, 2.45) is 11.3 Å². The Hall–Kier alpha value is -3.99. The van der Waals surface area contributed by atoms with E-state index in [9.17, 15) is 23.6 Å². The molecule has 262 valence electrons. The van der Waals surface area contributed by atoms with E-state index in [1.165, 1.54) is 16.4 Å². The van der Waals surface area contributed by atoms with Gasteiger partial charge in [0.05, 0.1) is 42.2 Å². The van der Waals surface area contributed by atoms with Crippen molar-refractivity contribution in [3.05, 3.63) is 96.1 Å². The molecule has 2 aliphatic heterocycles. The van der Waals surface area contributed by atoms with Crippen molar-refractivity contribution in [2.75, 3.05) is 26.3 Å². The van der Waals surface area contributed by atoms with Gasteiger partial charge in [-0.05, 0) is 60.1 Å². The zero-order valence-corrected chi connectivity index (χ0v) is 28.8. The Morgan fingerprint density at radius 2 is 1.71 bits per heavy atom. The molecule has 12 heteroatoms. The summed E-state index contributed by atoms with van der Waals surface area (Å²) in [5, 5.41) is 23.8. The Labute approximate surface area is 288 Å². The summed E-state index contributed by atoms with van der Waals surface area (Å²) < 4.78 is 52.4. The highest BCUT2D eigenvalue weighted by molar-refractivity contribution is 7.89. The number of hydrogen-bond acceptors (Lipinski definition) is 9. The summed E-state index contributed by atoms with van der Waals surface area (Å²) in [7, 11) is -4.14. The zero-order chi connectivity index (χ0) is 34.9. The number of sulfonamides is 1. The Morgan fingerprint density at radius 3 is 2.39 bits per heavy atom. The fourth-order valence-electron chi connectivity index (χ4n) is 6.15. The molecular formula is C37H45N3O8S. The van der Waals surface area contributed by atoms with Gasteiger partial charge in [0.25, 0.3) is 0 Å². The lowest BCUT2D eigenvalue weighted by molar-refractivity contribution is -0.0907. The highest BCUT2D eigenvalue weighted by Crippen LogP contribution is 2.33. The topological polar surface area (TPSA) is 147 Å². The molecular weight excluding hydrogens is 646 g/mol. The number of carbonyl (C=O) groups excluding carboxylic acids is 1. The van der Waals surface area contributed by atoms with Crippen molar-refractivity contribution in [3.8, 4) is 11.8 Å². The Bertz CT molecular complexity index is 1650. The third kappa shape index (κ3) is 10.0. The van der Waals surface area contributed by atoms with Crippen molar-refractivity contribution in [3.63, 3.8) is 0 Å². The number of nitriles is 1. The van der Waals surface area contributed by atoms with Crippen LogP contribution in [0.15, 0.2) is 89.8 Å². The van der Waals surface area contributed by atoms with Crippen LogP contribution in [0.25, 0.3) is 0 Å². The Morgan fingerprint density at radius 1 is 1.04 bits per heavy atom. The molecule has 0 unspecified atom stereocenters. The number of alkyl carbamates (subject to hydrolysis) is 1. The molecule has 0 saturated carbocycles. The maximum atomic E-state index is 14.2. The molecule has 11 nitrogen and oxygen atoms in total. The van der Waals surface area contributed by atoms with Crippen LogP contribution in [0.3, 0.4) is 0 Å². The molecule has 1 amide bonds. The molecule has 2 saturated heterocycles. The second kappa shape index (κ2) is 16.6. The van der Waals surface area contributed by atoms with Gasteiger partial charge in [0, 0.05) is 19.5 Å². The van der Waals surface area contributed by atoms with E-state index in [-0.39, 0.29) is 43.4 Å². The Balaban J connectivity index is 1.34. The second-order valence-electron chi connectivity index (χ2n) is 13.3. The number of amides is 1. The summed E-state index contributed by atoms with van der Waals surface area (Å²) in [5.41, 5.74) is 1.23. The van der Waals surface area contributed by atoms with Gasteiger partial charge in [-0.3, -0.25) is 0 Å². The van der Waals surface area contributed by atoms with Gasteiger partial charge >= 0.3 is 6.09 Å². The molecule has 2 aliphatic rings. The summed E-state index contributed by atoms with van der Waals surface area (Å²) in [6.07, 6.45) is -1.28. The van der Waals surface area contributed by atoms with E-state index in [0.29, 0.717) is 31.8 Å². The minimum atomic E-state index is -4.14. The molecule has 2 heterocycles. The average Bonchev–Trinajstić information content (AvgIpc) is 3.72. The third-order valence-corrected chi connectivity index (χ3v) is 10.8. The highest BCUT2D eigenvalue weighted by atomic mass is 32.2. The van der Waals surface area contributed by atoms with E-state index >= 15 is 0 Å². The Kier molecular flexibility index (Phi) is 12.3. The van der Waals surface area contributed by atoms with Gasteiger partial charge in [-0.25, -0.2) is 13.2 Å². The minimum Gasteiger partial charge on any atom is -0.489 e. The lowest BCUT2D eigenvalue weighted by Gasteiger charge is -2.35. The normalized spacial score (nSPS) is 20.3. The van der Waals surface area contributed by atoms with Crippen LogP contribution in [0.1, 0.15) is 44.2 Å². The van der Waals surface area contributed by atoms with Gasteiger partial charge in [-0.15, -0.1) is 0 Å². The summed E-state index contributed by atoms with van der Waals surface area (Å²) in [6.45, 7) is 4.58. The fourth-order valence-corrected chi connectivity index (χ4v) is 7.80. The molecule has 2 fully saturated rings. The van der Waals surface area contributed by atoms with Crippen LogP contribution in [-0.4, -0.2) is 74.8 Å². The molecule has 0 radical (unpaired) electrons. The monoisotopic (exact) mass is 691 g/mol. The first-order chi connectivity index (χ1) is 23.5. The van der Waals surface area contributed by atoms with Gasteiger partial charge in [0.1, 0.15) is 18.5 Å². The molecule has 0 aliphatic carbocycles. The molecule has 0 bridgehead atoms. The number of aliphatic hydroxyl groups is 1. The molecule has 2 N–H and O–H groups in total. The molecule has 3 aromatic carbocycles. The lowest BCUT2D eigenvalue weighted by atomic mass is 9.88. The van der Waals surface area contributed by atoms with E-state index in [4.69, 9.17) is 18.9 Å². The van der Waals surface area contributed by atoms with Crippen LogP contribution in [0.5, 0.6) is 5.75 Å². The van der Waals surface area contributed by atoms with Crippen molar-refractivity contribution in [2.45, 2.75) is 75.6 Å². The van der Waals surface area contributed by atoms with Crippen molar-refractivity contribution in [1.29, 1.82) is 5.26 Å². The zero-order valence-electron chi connectivity index (χ0n) is 27.9. The summed E-state index contributed by atoms with van der Waals surface area (Å²) in [5.74, 6) is 0.451. The number of fused-ring (bicyclic) bond motifs is 1. The molecule has 0 aromatic heterocycles. The van der Waals surface area contributed by atoms with Gasteiger partial charge in [0.2, 0.25) is 10.0 Å². The van der Waals surface area contributed by atoms with E-state index in [2.05, 4.69) is 11.4 Å². The maximum Gasteiger partial charge on any atom is 0.407 e. The fraction of sp³-hybridized carbons (Fsp3) is 0.459. The summed E-state index contributed by atoms with van der Waals surface area (Å²) in [4.78, 5) is 13.2. The predicted octanol–water partition coefficient (Wildman–Crippen LogP) is 5.05. The van der Waals surface area contributed by atoms with E-state index in [1.54, 1.807) is 12.1 Å². The van der Waals surface area contributed by atoms with Crippen LogP contribution in [0.4, 0.5) is 4.79 Å². The number of ether oxygens (including phenoxy) is 4. The van der Waals surface area contributed by atoms with Gasteiger partial charge in [0.15, 0.2) is 6.29 Å². The van der Waals surface area contributed by atoms with E-state index in [1.807, 2.05) is 74.5 Å². The number of nitrogens with zero attached hydrogens (tertiary/aromatic N) is 2. The van der Waals surface area contributed by atoms with Crippen LogP contribution >= 0.6 is 0 Å². The molecule has 3 aromatic rings. The first-order valence-corrected chi connectivity index (χ1v) is 18.0. The number of hydrogen-bond donors (Lipinski definition) is 2. The second-order valence-corrected chi connectivity index (χ2v) is 15.3. The molecule has 5 atom stereocenters. The first-order valence-electron chi connectivity index (χ1n) is 16.6.